The SMILES string of the molecule is CNC(=O)CNc1nc2c(Cl)c(C)nn2c2ccccc12. The van der Waals surface area contributed by atoms with Gasteiger partial charge in [0.25, 0.3) is 0 Å². The molecule has 0 bridgehead atoms. The third-order valence-corrected chi connectivity index (χ3v) is 3.71. The van der Waals surface area contributed by atoms with E-state index in [9.17, 15) is 4.79 Å². The molecule has 2 heterocycles. The standard InChI is InChI=1S/C14H14ClN5O/c1-8-12(15)14-18-13(17-7-11(21)16-2)9-5-3-4-6-10(9)20(14)19-8/h3-6H,7H2,1-2H3,(H,16,21)(H,17,18). The maximum absolute atomic E-state index is 11.4. The molecule has 0 unspecified atom stereocenters. The second-order valence-electron chi connectivity index (χ2n) is 4.64. The van der Waals surface area contributed by atoms with Gasteiger partial charge >= 0.3 is 0 Å². The van der Waals surface area contributed by atoms with Gasteiger partial charge in [-0.2, -0.15) is 5.10 Å². The second-order valence-corrected chi connectivity index (χ2v) is 5.02. The van der Waals surface area contributed by atoms with E-state index in [0.717, 1.165) is 16.6 Å². The summed E-state index contributed by atoms with van der Waals surface area (Å²) < 4.78 is 1.72. The van der Waals surface area contributed by atoms with E-state index in [1.54, 1.807) is 11.6 Å². The number of nitrogens with zero attached hydrogens (tertiary/aromatic N) is 3. The summed E-state index contributed by atoms with van der Waals surface area (Å²) in [5, 5.41) is 11.4. The van der Waals surface area contributed by atoms with Crippen molar-refractivity contribution >= 4 is 39.9 Å². The molecule has 2 N–H and O–H groups in total. The fourth-order valence-electron chi connectivity index (χ4n) is 2.17. The topological polar surface area (TPSA) is 71.3 Å². The first-order valence-corrected chi connectivity index (χ1v) is 6.87. The van der Waals surface area contributed by atoms with Gasteiger partial charge in [-0.3, -0.25) is 4.79 Å². The number of halogens is 1. The lowest BCUT2D eigenvalue weighted by molar-refractivity contribution is -0.118. The number of anilines is 1. The molecule has 108 valence electrons. The summed E-state index contributed by atoms with van der Waals surface area (Å²) in [5.41, 5.74) is 2.18. The Morgan fingerprint density at radius 2 is 2.14 bits per heavy atom. The van der Waals surface area contributed by atoms with Crippen LogP contribution in [-0.2, 0) is 4.79 Å². The molecule has 0 fully saturated rings. The molecule has 1 amide bonds. The molecule has 0 saturated carbocycles. The average molecular weight is 304 g/mol. The Kier molecular flexibility index (Phi) is 3.39. The number of aryl methyl sites for hydroxylation is 1. The van der Waals surface area contributed by atoms with Gasteiger partial charge in [-0.15, -0.1) is 0 Å². The van der Waals surface area contributed by atoms with Crippen LogP contribution < -0.4 is 10.6 Å². The minimum absolute atomic E-state index is 0.114. The number of rotatable bonds is 3. The van der Waals surface area contributed by atoms with Crippen molar-refractivity contribution < 1.29 is 4.79 Å². The van der Waals surface area contributed by atoms with Gasteiger partial charge in [0.2, 0.25) is 5.91 Å². The molecular formula is C14H14ClN5O. The van der Waals surface area contributed by atoms with Crippen LogP contribution in [0, 0.1) is 6.92 Å². The molecule has 3 rings (SSSR count). The van der Waals surface area contributed by atoms with Crippen LogP contribution in [0.2, 0.25) is 5.02 Å². The van der Waals surface area contributed by atoms with E-state index in [1.807, 2.05) is 31.2 Å². The van der Waals surface area contributed by atoms with Crippen molar-refractivity contribution in [3.8, 4) is 0 Å². The molecule has 6 nitrogen and oxygen atoms in total. The molecule has 0 aliphatic rings. The highest BCUT2D eigenvalue weighted by molar-refractivity contribution is 6.34. The van der Waals surface area contributed by atoms with Gasteiger partial charge in [0.15, 0.2) is 5.65 Å². The number of hydrogen-bond acceptors (Lipinski definition) is 4. The van der Waals surface area contributed by atoms with Gasteiger partial charge < -0.3 is 10.6 Å². The van der Waals surface area contributed by atoms with Crippen LogP contribution in [0.4, 0.5) is 5.82 Å². The van der Waals surface area contributed by atoms with Crippen molar-refractivity contribution in [2.24, 2.45) is 0 Å². The van der Waals surface area contributed by atoms with Crippen LogP contribution in [0.3, 0.4) is 0 Å². The summed E-state index contributed by atoms with van der Waals surface area (Å²) in [6, 6.07) is 7.71. The third kappa shape index (κ3) is 2.27. The van der Waals surface area contributed by atoms with Crippen LogP contribution in [-0.4, -0.2) is 34.1 Å². The number of para-hydroxylation sites is 1. The molecular weight excluding hydrogens is 290 g/mol. The van der Waals surface area contributed by atoms with E-state index in [1.165, 1.54) is 0 Å². The van der Waals surface area contributed by atoms with Gasteiger partial charge in [0.05, 0.1) is 17.8 Å². The molecule has 3 aromatic rings. The number of aromatic nitrogens is 3. The summed E-state index contributed by atoms with van der Waals surface area (Å²) in [6.45, 7) is 1.98. The van der Waals surface area contributed by atoms with Crippen LogP contribution in [0.1, 0.15) is 5.69 Å². The first kappa shape index (κ1) is 13.6. The molecule has 0 aliphatic carbocycles. The third-order valence-electron chi connectivity index (χ3n) is 3.26. The van der Waals surface area contributed by atoms with Gasteiger partial charge in [-0.25, -0.2) is 9.50 Å². The Labute approximate surface area is 126 Å². The zero-order chi connectivity index (χ0) is 15.0. The zero-order valence-electron chi connectivity index (χ0n) is 11.6. The Bertz CT molecular complexity index is 842. The molecule has 0 radical (unpaired) electrons. The van der Waals surface area contributed by atoms with E-state index in [0.29, 0.717) is 16.5 Å². The normalized spacial score (nSPS) is 11.0. The average Bonchev–Trinajstić information content (AvgIpc) is 2.80. The quantitative estimate of drug-likeness (QED) is 0.776. The monoisotopic (exact) mass is 303 g/mol. The summed E-state index contributed by atoms with van der Waals surface area (Å²) >= 11 is 6.25. The number of nitrogens with one attached hydrogen (secondary N) is 2. The largest absolute Gasteiger partial charge is 0.360 e. The molecule has 0 aliphatic heterocycles. The highest BCUT2D eigenvalue weighted by Gasteiger charge is 2.14. The van der Waals surface area contributed by atoms with E-state index in [4.69, 9.17) is 11.6 Å². The van der Waals surface area contributed by atoms with Crippen molar-refractivity contribution in [1.29, 1.82) is 0 Å². The van der Waals surface area contributed by atoms with E-state index in [-0.39, 0.29) is 12.5 Å². The van der Waals surface area contributed by atoms with Crippen molar-refractivity contribution in [1.82, 2.24) is 19.9 Å². The summed E-state index contributed by atoms with van der Waals surface area (Å²) in [7, 11) is 1.59. The number of carbonyl (C=O) groups excluding carboxylic acids is 1. The first-order valence-electron chi connectivity index (χ1n) is 6.50. The number of hydrogen-bond donors (Lipinski definition) is 2. The van der Waals surface area contributed by atoms with E-state index in [2.05, 4.69) is 20.7 Å². The molecule has 1 aromatic carbocycles. The van der Waals surface area contributed by atoms with Crippen LogP contribution >= 0.6 is 11.6 Å². The molecule has 2 aromatic heterocycles. The summed E-state index contributed by atoms with van der Waals surface area (Å²) in [5.74, 6) is 0.500. The summed E-state index contributed by atoms with van der Waals surface area (Å²) in [6.07, 6.45) is 0. The molecule has 21 heavy (non-hydrogen) atoms. The molecule has 0 spiro atoms. The Balaban J connectivity index is 2.21. The number of amides is 1. The predicted octanol–water partition coefficient (Wildman–Crippen LogP) is 2.00. The van der Waals surface area contributed by atoms with Gasteiger partial charge in [-0.1, -0.05) is 23.7 Å². The lowest BCUT2D eigenvalue weighted by atomic mass is 10.2. The van der Waals surface area contributed by atoms with Gasteiger partial charge in [0, 0.05) is 12.4 Å². The van der Waals surface area contributed by atoms with E-state index >= 15 is 0 Å². The highest BCUT2D eigenvalue weighted by Crippen LogP contribution is 2.27. The van der Waals surface area contributed by atoms with E-state index < -0.39 is 0 Å². The van der Waals surface area contributed by atoms with Crippen molar-refractivity contribution in [3.63, 3.8) is 0 Å². The fraction of sp³-hybridized carbons (Fsp3) is 0.214. The zero-order valence-corrected chi connectivity index (χ0v) is 12.4. The number of likely N-dealkylation sites (N-methyl/N-ethyl adjacent to an activating group) is 1. The second kappa shape index (κ2) is 5.21. The number of benzene rings is 1. The fourth-order valence-corrected chi connectivity index (χ4v) is 2.33. The number of fused-ring (bicyclic) bond motifs is 3. The molecule has 0 atom stereocenters. The van der Waals surface area contributed by atoms with Crippen molar-refractivity contribution in [3.05, 3.63) is 35.0 Å². The Morgan fingerprint density at radius 3 is 2.90 bits per heavy atom. The minimum Gasteiger partial charge on any atom is -0.360 e. The highest BCUT2D eigenvalue weighted by atomic mass is 35.5. The van der Waals surface area contributed by atoms with Crippen molar-refractivity contribution in [2.75, 3.05) is 18.9 Å². The van der Waals surface area contributed by atoms with Gasteiger partial charge in [-0.05, 0) is 19.1 Å². The smallest absolute Gasteiger partial charge is 0.239 e. The maximum atomic E-state index is 11.4. The minimum atomic E-state index is -0.114. The van der Waals surface area contributed by atoms with Crippen LogP contribution in [0.5, 0.6) is 0 Å². The van der Waals surface area contributed by atoms with Crippen LogP contribution in [0.25, 0.3) is 16.6 Å². The Hall–Kier alpha value is -2.34. The lowest BCUT2D eigenvalue weighted by Gasteiger charge is -2.09. The Morgan fingerprint density at radius 1 is 1.38 bits per heavy atom. The molecule has 0 saturated heterocycles. The van der Waals surface area contributed by atoms with Gasteiger partial charge in [0.1, 0.15) is 10.8 Å². The summed E-state index contributed by atoms with van der Waals surface area (Å²) in [4.78, 5) is 15.9. The first-order chi connectivity index (χ1) is 10.1. The predicted molar refractivity (Wildman–Crippen MR) is 82.8 cm³/mol. The maximum Gasteiger partial charge on any atom is 0.239 e. The molecule has 7 heteroatoms. The lowest BCUT2D eigenvalue weighted by Crippen LogP contribution is -2.26. The van der Waals surface area contributed by atoms with Crippen molar-refractivity contribution in [2.45, 2.75) is 6.92 Å². The van der Waals surface area contributed by atoms with Crippen LogP contribution in [0.15, 0.2) is 24.3 Å². The number of carbonyl (C=O) groups is 1.